The zero-order valence-corrected chi connectivity index (χ0v) is 12.4. The van der Waals surface area contributed by atoms with E-state index in [1.54, 1.807) is 17.8 Å². The fourth-order valence-electron chi connectivity index (χ4n) is 1.83. The summed E-state index contributed by atoms with van der Waals surface area (Å²) in [5.41, 5.74) is 7.04. The van der Waals surface area contributed by atoms with Gasteiger partial charge in [0.15, 0.2) is 0 Å². The molecule has 0 saturated heterocycles. The first-order valence-corrected chi connectivity index (χ1v) is 7.66. The van der Waals surface area contributed by atoms with Gasteiger partial charge < -0.3 is 15.6 Å². The zero-order chi connectivity index (χ0) is 13.7. The standard InChI is InChI=1S/C13H23N3OS/c1-5-11(8-18-4)15-13(17)12-6-10(14)7-16(12)9(2)3/h6-7,9,11H,5,8,14H2,1-4H3,(H,15,17). The third-order valence-corrected chi connectivity index (χ3v) is 3.59. The van der Waals surface area contributed by atoms with Crippen LogP contribution in [0.4, 0.5) is 5.69 Å². The number of carbonyl (C=O) groups excluding carboxylic acids is 1. The van der Waals surface area contributed by atoms with Crippen LogP contribution in [0.15, 0.2) is 12.3 Å². The minimum absolute atomic E-state index is 0.0405. The SMILES string of the molecule is CCC(CSC)NC(=O)c1cc(N)cn1C(C)C. The first kappa shape index (κ1) is 15.0. The monoisotopic (exact) mass is 269 g/mol. The molecule has 1 unspecified atom stereocenters. The summed E-state index contributed by atoms with van der Waals surface area (Å²) in [6.45, 7) is 6.15. The fourth-order valence-corrected chi connectivity index (χ4v) is 2.55. The van der Waals surface area contributed by atoms with Gasteiger partial charge in [-0.3, -0.25) is 4.79 Å². The highest BCUT2D eigenvalue weighted by Crippen LogP contribution is 2.16. The van der Waals surface area contributed by atoms with E-state index in [2.05, 4.69) is 12.2 Å². The Balaban J connectivity index is 2.83. The minimum atomic E-state index is -0.0405. The van der Waals surface area contributed by atoms with Gasteiger partial charge in [-0.1, -0.05) is 6.92 Å². The average molecular weight is 269 g/mol. The van der Waals surface area contributed by atoms with Crippen molar-refractivity contribution in [2.45, 2.75) is 39.3 Å². The van der Waals surface area contributed by atoms with Crippen molar-refractivity contribution in [1.29, 1.82) is 0 Å². The van der Waals surface area contributed by atoms with Crippen LogP contribution in [0, 0.1) is 0 Å². The number of nitrogen functional groups attached to an aromatic ring is 1. The summed E-state index contributed by atoms with van der Waals surface area (Å²) >= 11 is 1.74. The van der Waals surface area contributed by atoms with E-state index < -0.39 is 0 Å². The average Bonchev–Trinajstić information content (AvgIpc) is 2.71. The van der Waals surface area contributed by atoms with Gasteiger partial charge in [-0.2, -0.15) is 11.8 Å². The lowest BCUT2D eigenvalue weighted by Crippen LogP contribution is -2.37. The minimum Gasteiger partial charge on any atom is -0.397 e. The second kappa shape index (κ2) is 6.73. The number of rotatable bonds is 6. The van der Waals surface area contributed by atoms with Crippen LogP contribution in [0.3, 0.4) is 0 Å². The molecule has 1 amide bonds. The Bertz CT molecular complexity index is 401. The lowest BCUT2D eigenvalue weighted by atomic mass is 10.2. The van der Waals surface area contributed by atoms with Crippen LogP contribution < -0.4 is 11.1 Å². The quantitative estimate of drug-likeness (QED) is 0.834. The molecule has 0 saturated carbocycles. The molecular formula is C13H23N3OS. The summed E-state index contributed by atoms with van der Waals surface area (Å²) in [5, 5.41) is 3.06. The summed E-state index contributed by atoms with van der Waals surface area (Å²) < 4.78 is 1.91. The molecule has 5 heteroatoms. The highest BCUT2D eigenvalue weighted by atomic mass is 32.2. The maximum Gasteiger partial charge on any atom is 0.268 e. The van der Waals surface area contributed by atoms with E-state index in [1.807, 2.05) is 30.9 Å². The van der Waals surface area contributed by atoms with E-state index >= 15 is 0 Å². The van der Waals surface area contributed by atoms with Gasteiger partial charge in [-0.15, -0.1) is 0 Å². The van der Waals surface area contributed by atoms with Crippen molar-refractivity contribution in [2.24, 2.45) is 0 Å². The molecule has 0 aromatic carbocycles. The Kier molecular flexibility index (Phi) is 5.59. The van der Waals surface area contributed by atoms with Crippen molar-refractivity contribution in [2.75, 3.05) is 17.7 Å². The van der Waals surface area contributed by atoms with Crippen molar-refractivity contribution < 1.29 is 4.79 Å². The van der Waals surface area contributed by atoms with Crippen molar-refractivity contribution in [3.05, 3.63) is 18.0 Å². The molecule has 0 radical (unpaired) electrons. The summed E-state index contributed by atoms with van der Waals surface area (Å²) in [7, 11) is 0. The van der Waals surface area contributed by atoms with Crippen molar-refractivity contribution in [3.63, 3.8) is 0 Å². The van der Waals surface area contributed by atoms with Crippen molar-refractivity contribution in [1.82, 2.24) is 9.88 Å². The van der Waals surface area contributed by atoms with Gasteiger partial charge in [-0.05, 0) is 32.6 Å². The predicted molar refractivity (Wildman–Crippen MR) is 79.2 cm³/mol. The number of aromatic nitrogens is 1. The van der Waals surface area contributed by atoms with Crippen LogP contribution in [0.1, 0.15) is 43.7 Å². The molecule has 0 spiro atoms. The molecule has 0 aliphatic rings. The summed E-state index contributed by atoms with van der Waals surface area (Å²) in [6.07, 6.45) is 4.79. The normalized spacial score (nSPS) is 12.7. The second-order valence-corrected chi connectivity index (χ2v) is 5.60. The Labute approximate surface area is 113 Å². The van der Waals surface area contributed by atoms with Crippen LogP contribution in [-0.4, -0.2) is 28.5 Å². The van der Waals surface area contributed by atoms with Gasteiger partial charge in [-0.25, -0.2) is 0 Å². The molecule has 18 heavy (non-hydrogen) atoms. The molecule has 0 bridgehead atoms. The van der Waals surface area contributed by atoms with E-state index in [9.17, 15) is 4.79 Å². The third kappa shape index (κ3) is 3.70. The number of nitrogens with zero attached hydrogens (tertiary/aromatic N) is 1. The lowest BCUT2D eigenvalue weighted by Gasteiger charge is -2.18. The molecule has 0 fully saturated rings. The maximum absolute atomic E-state index is 12.2. The summed E-state index contributed by atoms with van der Waals surface area (Å²) in [4.78, 5) is 12.2. The van der Waals surface area contributed by atoms with Gasteiger partial charge in [0.05, 0.1) is 5.69 Å². The van der Waals surface area contributed by atoms with Gasteiger partial charge in [0.1, 0.15) is 5.69 Å². The molecule has 4 nitrogen and oxygen atoms in total. The van der Waals surface area contributed by atoms with Gasteiger partial charge in [0.2, 0.25) is 0 Å². The van der Waals surface area contributed by atoms with Crippen LogP contribution in [0.2, 0.25) is 0 Å². The van der Waals surface area contributed by atoms with Gasteiger partial charge in [0.25, 0.3) is 5.91 Å². The summed E-state index contributed by atoms with van der Waals surface area (Å²) in [5.74, 6) is 0.890. The number of nitrogens with two attached hydrogens (primary N) is 1. The number of nitrogens with one attached hydrogen (secondary N) is 1. The van der Waals surface area contributed by atoms with Crippen LogP contribution in [0.5, 0.6) is 0 Å². The lowest BCUT2D eigenvalue weighted by molar-refractivity contribution is 0.0929. The van der Waals surface area contributed by atoms with E-state index in [0.29, 0.717) is 11.4 Å². The molecule has 1 aromatic heterocycles. The fraction of sp³-hybridized carbons (Fsp3) is 0.615. The Morgan fingerprint density at radius 2 is 2.22 bits per heavy atom. The molecule has 0 aliphatic heterocycles. The first-order valence-electron chi connectivity index (χ1n) is 6.26. The zero-order valence-electron chi connectivity index (χ0n) is 11.6. The number of carbonyl (C=O) groups is 1. The number of amides is 1. The van der Waals surface area contributed by atoms with Crippen LogP contribution in [-0.2, 0) is 0 Å². The number of anilines is 1. The number of thioether (sulfide) groups is 1. The molecule has 3 N–H and O–H groups in total. The van der Waals surface area contributed by atoms with Crippen molar-refractivity contribution in [3.8, 4) is 0 Å². The molecule has 102 valence electrons. The smallest absolute Gasteiger partial charge is 0.268 e. The van der Waals surface area contributed by atoms with Crippen molar-refractivity contribution >= 4 is 23.4 Å². The number of hydrogen-bond donors (Lipinski definition) is 2. The second-order valence-electron chi connectivity index (χ2n) is 4.69. The number of hydrogen-bond acceptors (Lipinski definition) is 3. The molecular weight excluding hydrogens is 246 g/mol. The van der Waals surface area contributed by atoms with E-state index in [-0.39, 0.29) is 18.0 Å². The Morgan fingerprint density at radius 1 is 1.56 bits per heavy atom. The van der Waals surface area contributed by atoms with Crippen LogP contribution in [0.25, 0.3) is 0 Å². The van der Waals surface area contributed by atoms with E-state index in [0.717, 1.165) is 12.2 Å². The van der Waals surface area contributed by atoms with Crippen LogP contribution >= 0.6 is 11.8 Å². The largest absolute Gasteiger partial charge is 0.397 e. The first-order chi connectivity index (χ1) is 8.49. The molecule has 1 aromatic rings. The highest BCUT2D eigenvalue weighted by Gasteiger charge is 2.17. The maximum atomic E-state index is 12.2. The Hall–Kier alpha value is -1.10. The molecule has 1 atom stereocenters. The molecule has 0 aliphatic carbocycles. The van der Waals surface area contributed by atoms with Gasteiger partial charge >= 0.3 is 0 Å². The summed E-state index contributed by atoms with van der Waals surface area (Å²) in [6, 6.07) is 2.18. The van der Waals surface area contributed by atoms with E-state index in [1.165, 1.54) is 0 Å². The molecule has 1 heterocycles. The highest BCUT2D eigenvalue weighted by molar-refractivity contribution is 7.98. The molecule has 1 rings (SSSR count). The van der Waals surface area contributed by atoms with E-state index in [4.69, 9.17) is 5.73 Å². The topological polar surface area (TPSA) is 60.1 Å². The van der Waals surface area contributed by atoms with Gasteiger partial charge in [0, 0.05) is 24.0 Å². The Morgan fingerprint density at radius 3 is 2.72 bits per heavy atom. The predicted octanol–water partition coefficient (Wildman–Crippen LogP) is 2.52. The third-order valence-electron chi connectivity index (χ3n) is 2.85.